The van der Waals surface area contributed by atoms with Gasteiger partial charge in [0, 0.05) is 13.1 Å². The van der Waals surface area contributed by atoms with Crippen LogP contribution in [0.4, 0.5) is 5.69 Å². The molecule has 0 amide bonds. The van der Waals surface area contributed by atoms with Crippen molar-refractivity contribution >= 4 is 23.3 Å². The maximum absolute atomic E-state index is 11.1. The largest absolute Gasteiger partial charge is 0.478 e. The number of carbonyl (C=O) groups is 1. The summed E-state index contributed by atoms with van der Waals surface area (Å²) in [6.45, 7) is 0. The van der Waals surface area contributed by atoms with E-state index in [4.69, 9.17) is 16.7 Å². The molecule has 1 aromatic carbocycles. The topological polar surface area (TPSA) is 40.5 Å². The summed E-state index contributed by atoms with van der Waals surface area (Å²) in [4.78, 5) is 13.1. The van der Waals surface area contributed by atoms with Crippen LogP contribution in [0.3, 0.4) is 0 Å². The van der Waals surface area contributed by atoms with E-state index in [1.54, 1.807) is 18.2 Å². The third-order valence-electron chi connectivity index (χ3n) is 2.68. The van der Waals surface area contributed by atoms with Gasteiger partial charge in [-0.25, -0.2) is 4.79 Å². The number of halogens is 1. The lowest BCUT2D eigenvalue weighted by Crippen LogP contribution is -2.22. The van der Waals surface area contributed by atoms with Gasteiger partial charge in [-0.05, 0) is 25.0 Å². The fourth-order valence-corrected chi connectivity index (χ4v) is 1.93. The van der Waals surface area contributed by atoms with Crippen LogP contribution in [0.1, 0.15) is 23.2 Å². The minimum absolute atomic E-state index is 0.202. The zero-order valence-electron chi connectivity index (χ0n) is 8.40. The van der Waals surface area contributed by atoms with Gasteiger partial charge in [-0.15, -0.1) is 0 Å². The van der Waals surface area contributed by atoms with E-state index in [0.717, 1.165) is 12.8 Å². The molecule has 15 heavy (non-hydrogen) atoms. The molecule has 1 aliphatic rings. The number of anilines is 1. The maximum atomic E-state index is 11.1. The van der Waals surface area contributed by atoms with Gasteiger partial charge >= 0.3 is 5.97 Å². The number of aromatic carboxylic acids is 1. The SMILES string of the molecule is CN(c1cccc(Cl)c1C(=O)O)C1CC1. The Morgan fingerprint density at radius 3 is 2.73 bits per heavy atom. The van der Waals surface area contributed by atoms with Crippen molar-refractivity contribution in [2.45, 2.75) is 18.9 Å². The van der Waals surface area contributed by atoms with E-state index in [9.17, 15) is 4.79 Å². The van der Waals surface area contributed by atoms with Crippen LogP contribution >= 0.6 is 11.6 Å². The Kier molecular flexibility index (Phi) is 2.57. The smallest absolute Gasteiger partial charge is 0.339 e. The van der Waals surface area contributed by atoms with Crippen LogP contribution in [0.25, 0.3) is 0 Å². The fraction of sp³-hybridized carbons (Fsp3) is 0.364. The molecule has 1 aliphatic carbocycles. The van der Waals surface area contributed by atoms with Crippen molar-refractivity contribution in [3.63, 3.8) is 0 Å². The molecule has 0 bridgehead atoms. The van der Waals surface area contributed by atoms with Crippen LogP contribution in [-0.4, -0.2) is 24.2 Å². The molecule has 80 valence electrons. The highest BCUT2D eigenvalue weighted by molar-refractivity contribution is 6.34. The van der Waals surface area contributed by atoms with Crippen LogP contribution in [0.15, 0.2) is 18.2 Å². The second-order valence-electron chi connectivity index (χ2n) is 3.78. The molecule has 0 saturated heterocycles. The minimum Gasteiger partial charge on any atom is -0.478 e. The first-order chi connectivity index (χ1) is 7.11. The van der Waals surface area contributed by atoms with E-state index in [-0.39, 0.29) is 5.56 Å². The maximum Gasteiger partial charge on any atom is 0.339 e. The molecule has 0 radical (unpaired) electrons. The number of hydrogen-bond acceptors (Lipinski definition) is 2. The monoisotopic (exact) mass is 225 g/mol. The molecule has 1 fully saturated rings. The quantitative estimate of drug-likeness (QED) is 0.860. The summed E-state index contributed by atoms with van der Waals surface area (Å²) in [6.07, 6.45) is 2.25. The summed E-state index contributed by atoms with van der Waals surface area (Å²) in [5, 5.41) is 9.39. The first-order valence-electron chi connectivity index (χ1n) is 4.86. The second kappa shape index (κ2) is 3.74. The van der Waals surface area contributed by atoms with Crippen molar-refractivity contribution in [3.05, 3.63) is 28.8 Å². The van der Waals surface area contributed by atoms with Crippen LogP contribution in [0.2, 0.25) is 5.02 Å². The van der Waals surface area contributed by atoms with Crippen molar-refractivity contribution < 1.29 is 9.90 Å². The molecule has 0 heterocycles. The zero-order chi connectivity index (χ0) is 11.0. The highest BCUT2D eigenvalue weighted by Crippen LogP contribution is 2.34. The third kappa shape index (κ3) is 1.92. The molecule has 3 nitrogen and oxygen atoms in total. The average molecular weight is 226 g/mol. The highest BCUT2D eigenvalue weighted by Gasteiger charge is 2.29. The first kappa shape index (κ1) is 10.3. The van der Waals surface area contributed by atoms with Gasteiger partial charge in [0.15, 0.2) is 0 Å². The Balaban J connectivity index is 2.44. The van der Waals surface area contributed by atoms with Gasteiger partial charge in [-0.3, -0.25) is 0 Å². The number of nitrogens with zero attached hydrogens (tertiary/aromatic N) is 1. The van der Waals surface area contributed by atoms with Crippen LogP contribution in [0.5, 0.6) is 0 Å². The van der Waals surface area contributed by atoms with Gasteiger partial charge in [0.25, 0.3) is 0 Å². The predicted octanol–water partition coefficient (Wildman–Crippen LogP) is 2.64. The lowest BCUT2D eigenvalue weighted by Gasteiger charge is -2.21. The lowest BCUT2D eigenvalue weighted by atomic mass is 10.1. The van der Waals surface area contributed by atoms with Crippen molar-refractivity contribution in [1.29, 1.82) is 0 Å². The number of carboxylic acids is 1. The molecule has 0 aromatic heterocycles. The average Bonchev–Trinajstić information content (AvgIpc) is 2.98. The molecule has 0 atom stereocenters. The van der Waals surface area contributed by atoms with Gasteiger partial charge in [-0.1, -0.05) is 17.7 Å². The van der Waals surface area contributed by atoms with Crippen molar-refractivity contribution in [2.24, 2.45) is 0 Å². The molecule has 0 unspecified atom stereocenters. The molecule has 1 aromatic rings. The molecular weight excluding hydrogens is 214 g/mol. The first-order valence-corrected chi connectivity index (χ1v) is 5.23. The van der Waals surface area contributed by atoms with E-state index in [1.165, 1.54) is 0 Å². The van der Waals surface area contributed by atoms with E-state index in [2.05, 4.69) is 0 Å². The van der Waals surface area contributed by atoms with Crippen molar-refractivity contribution in [1.82, 2.24) is 0 Å². The second-order valence-corrected chi connectivity index (χ2v) is 4.19. The van der Waals surface area contributed by atoms with Gasteiger partial charge in [-0.2, -0.15) is 0 Å². The number of carboxylic acid groups (broad SMARTS) is 1. The molecule has 0 spiro atoms. The summed E-state index contributed by atoms with van der Waals surface area (Å²) in [7, 11) is 1.91. The van der Waals surface area contributed by atoms with Crippen molar-refractivity contribution in [2.75, 3.05) is 11.9 Å². The van der Waals surface area contributed by atoms with Crippen LogP contribution < -0.4 is 4.90 Å². The standard InChI is InChI=1S/C11H12ClNO2/c1-13(7-5-6-7)9-4-2-3-8(12)10(9)11(14)15/h2-4,7H,5-6H2,1H3,(H,14,15). The van der Waals surface area contributed by atoms with Gasteiger partial charge in [0.1, 0.15) is 5.56 Å². The molecule has 2 rings (SSSR count). The Bertz CT molecular complexity index is 402. The van der Waals surface area contributed by atoms with E-state index in [0.29, 0.717) is 16.8 Å². The van der Waals surface area contributed by atoms with Crippen LogP contribution in [0, 0.1) is 0 Å². The van der Waals surface area contributed by atoms with Gasteiger partial charge in [0.2, 0.25) is 0 Å². The molecule has 0 aliphatic heterocycles. The summed E-state index contributed by atoms with van der Waals surface area (Å²) in [5.41, 5.74) is 0.908. The molecule has 1 N–H and O–H groups in total. The van der Waals surface area contributed by atoms with Crippen molar-refractivity contribution in [3.8, 4) is 0 Å². The highest BCUT2D eigenvalue weighted by atomic mass is 35.5. The number of rotatable bonds is 3. The summed E-state index contributed by atoms with van der Waals surface area (Å²) < 4.78 is 0. The molecular formula is C11H12ClNO2. The Morgan fingerprint density at radius 2 is 2.20 bits per heavy atom. The normalized spacial score (nSPS) is 15.1. The summed E-state index contributed by atoms with van der Waals surface area (Å²) in [5.74, 6) is -0.969. The van der Waals surface area contributed by atoms with Gasteiger partial charge in [0.05, 0.1) is 10.7 Å². The van der Waals surface area contributed by atoms with E-state index >= 15 is 0 Å². The van der Waals surface area contributed by atoms with Crippen LogP contribution in [-0.2, 0) is 0 Å². The zero-order valence-corrected chi connectivity index (χ0v) is 9.16. The Labute approximate surface area is 93.3 Å². The summed E-state index contributed by atoms with van der Waals surface area (Å²) in [6, 6.07) is 5.66. The van der Waals surface area contributed by atoms with E-state index in [1.807, 2.05) is 11.9 Å². The third-order valence-corrected chi connectivity index (χ3v) is 3.00. The number of benzene rings is 1. The fourth-order valence-electron chi connectivity index (χ4n) is 1.68. The Morgan fingerprint density at radius 1 is 1.53 bits per heavy atom. The molecule has 1 saturated carbocycles. The number of hydrogen-bond donors (Lipinski definition) is 1. The minimum atomic E-state index is -0.969. The van der Waals surface area contributed by atoms with E-state index < -0.39 is 5.97 Å². The summed E-state index contributed by atoms with van der Waals surface area (Å²) >= 11 is 5.89. The Hall–Kier alpha value is -1.22. The predicted molar refractivity (Wildman–Crippen MR) is 59.8 cm³/mol. The molecule has 4 heteroatoms. The van der Waals surface area contributed by atoms with Gasteiger partial charge < -0.3 is 10.0 Å². The lowest BCUT2D eigenvalue weighted by molar-refractivity contribution is 0.0698.